The average Bonchev–Trinajstić information content (AvgIpc) is 3.17. The van der Waals surface area contributed by atoms with Crippen LogP contribution in [0.1, 0.15) is 208 Å². The van der Waals surface area contributed by atoms with E-state index in [0.717, 1.165) is 88.5 Å². The van der Waals surface area contributed by atoms with Crippen LogP contribution < -0.4 is 0 Å². The molecule has 0 fully saturated rings. The summed E-state index contributed by atoms with van der Waals surface area (Å²) in [5.41, 5.74) is 0. The first-order valence-corrected chi connectivity index (χ1v) is 32.0. The monoisotopic (exact) mass is 875 g/mol. The van der Waals surface area contributed by atoms with Gasteiger partial charge in [0.05, 0.1) is 0 Å². The molecule has 0 bridgehead atoms. The minimum atomic E-state index is -2.66. The van der Waals surface area contributed by atoms with E-state index >= 15 is 0 Å². The largest absolute Gasteiger partial charge is 0.500 e. The Morgan fingerprint density at radius 1 is 0.296 bits per heavy atom. The molecule has 0 aromatic rings. The van der Waals surface area contributed by atoms with Crippen molar-refractivity contribution in [2.24, 2.45) is 0 Å². The summed E-state index contributed by atoms with van der Waals surface area (Å²) in [4.78, 5) is 0. The van der Waals surface area contributed by atoms with E-state index in [9.17, 15) is 0 Å². The summed E-state index contributed by atoms with van der Waals surface area (Å²) in [5.74, 6) is 2.17. The topological polar surface area (TPSA) is 55.4 Å². The summed E-state index contributed by atoms with van der Waals surface area (Å²) in [6.45, 7) is 17.7. The van der Waals surface area contributed by atoms with Crippen LogP contribution in [0.4, 0.5) is 0 Å². The van der Waals surface area contributed by atoms with E-state index in [1.165, 1.54) is 128 Å². The van der Waals surface area contributed by atoms with Crippen molar-refractivity contribution in [3.63, 3.8) is 0 Å². The van der Waals surface area contributed by atoms with Gasteiger partial charge in [-0.2, -0.15) is 0 Å². The Morgan fingerprint density at radius 2 is 0.556 bits per heavy atom. The van der Waals surface area contributed by atoms with Gasteiger partial charge in [0, 0.05) is 63.2 Å². The van der Waals surface area contributed by atoms with Crippen molar-refractivity contribution in [2.45, 2.75) is 221 Å². The molecular formula is C42H90O6S4Si2. The quantitative estimate of drug-likeness (QED) is 0.0336. The van der Waals surface area contributed by atoms with Gasteiger partial charge in [0.25, 0.3) is 0 Å². The summed E-state index contributed by atoms with van der Waals surface area (Å²) in [6, 6.07) is 1.83. The Bertz CT molecular complexity index is 640. The number of hydrogen-bond acceptors (Lipinski definition) is 10. The molecule has 0 saturated heterocycles. The van der Waals surface area contributed by atoms with Gasteiger partial charge in [0.15, 0.2) is 0 Å². The fourth-order valence-electron chi connectivity index (χ4n) is 6.37. The minimum Gasteiger partial charge on any atom is -0.374 e. The molecule has 0 spiro atoms. The first kappa shape index (κ1) is 55.6. The summed E-state index contributed by atoms with van der Waals surface area (Å²) in [7, 11) is 2.38. The van der Waals surface area contributed by atoms with Crippen LogP contribution in [0.5, 0.6) is 0 Å². The zero-order valence-electron chi connectivity index (χ0n) is 36.5. The molecule has 326 valence electrons. The van der Waals surface area contributed by atoms with Crippen LogP contribution in [0.3, 0.4) is 0 Å². The Morgan fingerprint density at radius 3 is 0.815 bits per heavy atom. The minimum absolute atomic E-state index is 0.662. The number of unbranched alkanes of at least 4 members (excludes halogenated alkanes) is 20. The third-order valence-electron chi connectivity index (χ3n) is 9.55. The predicted molar refractivity (Wildman–Crippen MR) is 251 cm³/mol. The second kappa shape index (κ2) is 44.2. The van der Waals surface area contributed by atoms with Gasteiger partial charge in [-0.05, 0) is 72.0 Å². The molecule has 0 radical (unpaired) electrons. The Labute approximate surface area is 355 Å². The standard InChI is InChI=1S/C42H90O6S4Si2/c1-7-13-17-21-25-29-35-45-53(43-11-5,46-36-30-26-22-18-14-8-2)41-33-39-49-51-52-50-40-34-42-54(44-12-6,47-37-31-27-23-19-15-9-3)48-38-32-28-24-20-16-10-4/h7-42H2,1-6H3. The molecule has 0 N–H and O–H groups in total. The van der Waals surface area contributed by atoms with Gasteiger partial charge in [-0.3, -0.25) is 0 Å². The maximum absolute atomic E-state index is 6.58. The van der Waals surface area contributed by atoms with Gasteiger partial charge < -0.3 is 26.6 Å². The predicted octanol–water partition coefficient (Wildman–Crippen LogP) is 15.9. The second-order valence-electron chi connectivity index (χ2n) is 14.7. The molecule has 0 aromatic carbocycles. The van der Waals surface area contributed by atoms with E-state index < -0.39 is 17.6 Å². The fourth-order valence-corrected chi connectivity index (χ4v) is 18.3. The lowest BCUT2D eigenvalue weighted by molar-refractivity contribution is 0.0595. The zero-order chi connectivity index (χ0) is 39.5. The Hall–Kier alpha value is 1.59. The molecular weight excluding hydrogens is 785 g/mol. The van der Waals surface area contributed by atoms with Crippen LogP contribution in [0.15, 0.2) is 0 Å². The van der Waals surface area contributed by atoms with Crippen molar-refractivity contribution in [1.29, 1.82) is 0 Å². The highest BCUT2D eigenvalue weighted by Gasteiger charge is 2.41. The van der Waals surface area contributed by atoms with Crippen molar-refractivity contribution in [1.82, 2.24) is 0 Å². The van der Waals surface area contributed by atoms with E-state index in [-0.39, 0.29) is 0 Å². The van der Waals surface area contributed by atoms with E-state index in [4.69, 9.17) is 26.6 Å². The highest BCUT2D eigenvalue weighted by molar-refractivity contribution is 9.26. The van der Waals surface area contributed by atoms with Crippen LogP contribution in [-0.4, -0.2) is 68.8 Å². The molecule has 6 nitrogen and oxygen atoms in total. The van der Waals surface area contributed by atoms with Gasteiger partial charge in [-0.1, -0.05) is 178 Å². The molecule has 0 aliphatic rings. The first-order chi connectivity index (χ1) is 26.6. The summed E-state index contributed by atoms with van der Waals surface area (Å²) >= 11 is 0. The first-order valence-electron chi connectivity index (χ1n) is 23.0. The molecule has 0 aromatic heterocycles. The van der Waals surface area contributed by atoms with Crippen LogP contribution in [-0.2, 0) is 26.6 Å². The molecule has 0 atom stereocenters. The summed E-state index contributed by atoms with van der Waals surface area (Å²) in [6.07, 6.45) is 32.6. The molecule has 54 heavy (non-hydrogen) atoms. The maximum Gasteiger partial charge on any atom is 0.500 e. The van der Waals surface area contributed by atoms with E-state index in [1.54, 1.807) is 0 Å². The lowest BCUT2D eigenvalue weighted by Crippen LogP contribution is -2.46. The van der Waals surface area contributed by atoms with Crippen molar-refractivity contribution in [3.8, 4) is 0 Å². The molecule has 12 heteroatoms. The smallest absolute Gasteiger partial charge is 0.374 e. The molecule has 0 saturated carbocycles. The fraction of sp³-hybridized carbons (Fsp3) is 1.00. The lowest BCUT2D eigenvalue weighted by Gasteiger charge is -2.29. The molecule has 0 aliphatic heterocycles. The Balaban J connectivity index is 4.73. The van der Waals surface area contributed by atoms with Crippen molar-refractivity contribution >= 4 is 58.8 Å². The van der Waals surface area contributed by atoms with E-state index in [0.29, 0.717) is 13.2 Å². The number of rotatable bonds is 47. The van der Waals surface area contributed by atoms with Crippen LogP contribution in [0.2, 0.25) is 12.1 Å². The molecule has 0 unspecified atom stereocenters. The lowest BCUT2D eigenvalue weighted by atomic mass is 10.1. The maximum atomic E-state index is 6.58. The van der Waals surface area contributed by atoms with Gasteiger partial charge in [0.2, 0.25) is 0 Å². The van der Waals surface area contributed by atoms with Crippen molar-refractivity contribution < 1.29 is 26.6 Å². The van der Waals surface area contributed by atoms with Crippen LogP contribution in [0, 0.1) is 0 Å². The SMILES string of the molecule is CCCCCCCCO[Si](CCCSSSSCCC[Si](OCC)(OCCCCCCCC)OCCCCCCCC)(OCC)OCCCCCCCC. The summed E-state index contributed by atoms with van der Waals surface area (Å²) < 4.78 is 39.1. The highest BCUT2D eigenvalue weighted by Crippen LogP contribution is 2.44. The summed E-state index contributed by atoms with van der Waals surface area (Å²) in [5, 5.41) is 0. The van der Waals surface area contributed by atoms with Crippen molar-refractivity contribution in [3.05, 3.63) is 0 Å². The molecule has 0 amide bonds. The molecule has 0 rings (SSSR count). The molecule has 0 heterocycles. The average molecular weight is 876 g/mol. The third kappa shape index (κ3) is 35.5. The normalized spacial score (nSPS) is 12.3. The van der Waals surface area contributed by atoms with Gasteiger partial charge in [-0.15, -0.1) is 0 Å². The highest BCUT2D eigenvalue weighted by atomic mass is 33.7. The van der Waals surface area contributed by atoms with Gasteiger partial charge >= 0.3 is 17.6 Å². The van der Waals surface area contributed by atoms with E-state index in [1.807, 2.05) is 41.2 Å². The van der Waals surface area contributed by atoms with E-state index in [2.05, 4.69) is 41.5 Å². The second-order valence-corrected chi connectivity index (χ2v) is 26.4. The van der Waals surface area contributed by atoms with Crippen LogP contribution in [0.25, 0.3) is 0 Å². The van der Waals surface area contributed by atoms with Gasteiger partial charge in [0.1, 0.15) is 0 Å². The third-order valence-corrected chi connectivity index (χ3v) is 22.2. The van der Waals surface area contributed by atoms with Gasteiger partial charge in [-0.25, -0.2) is 0 Å². The number of hydrogen-bond donors (Lipinski definition) is 0. The zero-order valence-corrected chi connectivity index (χ0v) is 41.8. The van der Waals surface area contributed by atoms with Crippen molar-refractivity contribution in [2.75, 3.05) is 51.1 Å². The molecule has 0 aliphatic carbocycles. The van der Waals surface area contributed by atoms with Crippen LogP contribution >= 0.6 is 41.2 Å². The Kier molecular flexibility index (Phi) is 45.5.